The summed E-state index contributed by atoms with van der Waals surface area (Å²) < 4.78 is 34.9. The van der Waals surface area contributed by atoms with Crippen LogP contribution in [0.3, 0.4) is 0 Å². The average Bonchev–Trinajstić information content (AvgIpc) is 3.72. The Kier molecular flexibility index (Phi) is 28.3. The summed E-state index contributed by atoms with van der Waals surface area (Å²) >= 11 is 0.783. The lowest BCUT2D eigenvalue weighted by atomic mass is 10.1. The van der Waals surface area contributed by atoms with Crippen LogP contribution < -0.4 is 49.1 Å². The van der Waals surface area contributed by atoms with E-state index < -0.39 is 83.1 Å². The molecule has 1 aromatic carbocycles. The van der Waals surface area contributed by atoms with Crippen LogP contribution in [0, 0.1) is 0 Å². The number of ether oxygens (including phenoxy) is 6. The van der Waals surface area contributed by atoms with Crippen molar-refractivity contribution in [1.82, 2.24) is 46.4 Å². The number of aromatic nitrogens is 3. The topological polar surface area (TPSA) is 410 Å². The number of para-hydroxylation sites is 1. The Morgan fingerprint density at radius 3 is 1.99 bits per heavy atom. The van der Waals surface area contributed by atoms with E-state index in [4.69, 9.17) is 50.6 Å². The lowest BCUT2D eigenvalue weighted by molar-refractivity contribution is -0.157. The normalized spacial score (nSPS) is 12.1. The second-order valence-electron chi connectivity index (χ2n) is 16.8. The zero-order chi connectivity index (χ0) is 55.2. The molecule has 75 heavy (non-hydrogen) atoms. The predicted octanol–water partition coefficient (Wildman–Crippen LogP) is -3.04. The van der Waals surface area contributed by atoms with E-state index in [2.05, 4.69) is 36.9 Å². The fourth-order valence-electron chi connectivity index (χ4n) is 6.61. The molecule has 13 N–H and O–H groups in total. The minimum Gasteiger partial charge on any atom is -0.481 e. The van der Waals surface area contributed by atoms with Crippen molar-refractivity contribution in [3.8, 4) is 0 Å². The molecule has 3 rings (SSSR count). The van der Waals surface area contributed by atoms with Crippen molar-refractivity contribution in [1.29, 1.82) is 0 Å². The number of pyridine rings is 1. The summed E-state index contributed by atoms with van der Waals surface area (Å²) in [5.74, 6) is -5.77. The summed E-state index contributed by atoms with van der Waals surface area (Å²) in [6, 6.07) is 6.19. The van der Waals surface area contributed by atoms with Gasteiger partial charge in [0, 0.05) is 43.7 Å². The fraction of sp³-hybridized carbons (Fsp3) is 0.587. The molecule has 0 saturated carbocycles. The summed E-state index contributed by atoms with van der Waals surface area (Å²) in [5.41, 5.74) is 17.6. The van der Waals surface area contributed by atoms with E-state index >= 15 is 0 Å². The number of carbonyl (C=O) groups is 9. The summed E-state index contributed by atoms with van der Waals surface area (Å²) in [6.45, 7) is 6.36. The molecule has 0 aliphatic heterocycles. The number of benzene rings is 1. The van der Waals surface area contributed by atoms with Gasteiger partial charge in [0.25, 0.3) is 0 Å². The van der Waals surface area contributed by atoms with Crippen LogP contribution in [0.15, 0.2) is 24.3 Å². The van der Waals surface area contributed by atoms with Gasteiger partial charge < -0.3 is 87.2 Å². The minimum atomic E-state index is -1.31. The van der Waals surface area contributed by atoms with E-state index in [1.807, 2.05) is 35.8 Å². The first-order valence-corrected chi connectivity index (χ1v) is 25.0. The molecule has 2 heterocycles. The average molecular weight is 1080 g/mol. The Bertz CT molecular complexity index is 2390. The van der Waals surface area contributed by atoms with Gasteiger partial charge in [0.05, 0.1) is 102 Å². The van der Waals surface area contributed by atoms with Crippen molar-refractivity contribution in [2.24, 2.45) is 11.5 Å². The Balaban J connectivity index is 1.28. The number of carbonyl (C=O) groups excluding carboxylic acids is 8. The largest absolute Gasteiger partial charge is 0.481 e. The van der Waals surface area contributed by atoms with Crippen LogP contribution in [0.5, 0.6) is 0 Å². The number of aliphatic carboxylic acids is 1. The third kappa shape index (κ3) is 24.4. The molecule has 0 aliphatic rings. The number of nitrogen functional groups attached to an aromatic ring is 1. The quantitative estimate of drug-likeness (QED) is 0.0200. The second-order valence-corrected chi connectivity index (χ2v) is 18.0. The number of fused-ring (bicyclic) bond motifs is 3. The molecule has 2 atom stereocenters. The van der Waals surface area contributed by atoms with E-state index in [-0.39, 0.29) is 123 Å². The van der Waals surface area contributed by atoms with Crippen LogP contribution in [-0.2, 0) is 84.7 Å². The molecule has 28 nitrogen and oxygen atoms in total. The van der Waals surface area contributed by atoms with E-state index in [0.29, 0.717) is 29.0 Å². The summed E-state index contributed by atoms with van der Waals surface area (Å²) in [5, 5.41) is 23.7. The summed E-state index contributed by atoms with van der Waals surface area (Å²) in [7, 11) is 0. The number of thioether (sulfide) groups is 1. The molecule has 2 aromatic heterocycles. The highest BCUT2D eigenvalue weighted by Gasteiger charge is 2.29. The van der Waals surface area contributed by atoms with Crippen LogP contribution in [0.4, 0.5) is 5.82 Å². The van der Waals surface area contributed by atoms with Crippen LogP contribution in [-0.4, -0.2) is 194 Å². The molecular weight excluding hydrogens is 1010 g/mol. The van der Waals surface area contributed by atoms with Gasteiger partial charge >= 0.3 is 11.9 Å². The first kappa shape index (κ1) is 62.5. The molecule has 0 radical (unpaired) electrons. The van der Waals surface area contributed by atoms with Gasteiger partial charge in [-0.3, -0.25) is 43.2 Å². The number of hydrogen-bond donors (Lipinski definition) is 10. The third-order valence-corrected chi connectivity index (χ3v) is 11.5. The number of esters is 1. The van der Waals surface area contributed by atoms with Crippen LogP contribution >= 0.6 is 11.8 Å². The number of carboxylic acids is 1. The number of anilines is 1. The highest BCUT2D eigenvalue weighted by molar-refractivity contribution is 8.00. The Morgan fingerprint density at radius 2 is 1.35 bits per heavy atom. The first-order valence-electron chi connectivity index (χ1n) is 23.9. The van der Waals surface area contributed by atoms with Gasteiger partial charge in [0.2, 0.25) is 41.4 Å². The van der Waals surface area contributed by atoms with Crippen LogP contribution in [0.25, 0.3) is 21.9 Å². The van der Waals surface area contributed by atoms with Crippen molar-refractivity contribution in [2.45, 2.75) is 70.1 Å². The molecule has 29 heteroatoms. The van der Waals surface area contributed by atoms with Crippen molar-refractivity contribution < 1.29 is 76.7 Å². The predicted molar refractivity (Wildman–Crippen MR) is 271 cm³/mol. The first-order chi connectivity index (χ1) is 35.8. The van der Waals surface area contributed by atoms with Gasteiger partial charge in [-0.1, -0.05) is 18.2 Å². The molecule has 416 valence electrons. The monoisotopic (exact) mass is 1080 g/mol. The van der Waals surface area contributed by atoms with E-state index in [1.165, 1.54) is 0 Å². The molecule has 7 amide bonds. The summed E-state index contributed by atoms with van der Waals surface area (Å²) in [4.78, 5) is 119. The van der Waals surface area contributed by atoms with Crippen molar-refractivity contribution >= 4 is 92.8 Å². The van der Waals surface area contributed by atoms with Gasteiger partial charge in [-0.2, -0.15) is 0 Å². The number of rotatable bonds is 39. The Morgan fingerprint density at radius 1 is 0.733 bits per heavy atom. The smallest absolute Gasteiger partial charge is 0.326 e. The maximum atomic E-state index is 13.0. The van der Waals surface area contributed by atoms with Crippen LogP contribution in [0.2, 0.25) is 0 Å². The van der Waals surface area contributed by atoms with Gasteiger partial charge in [0.1, 0.15) is 36.1 Å². The Hall–Kier alpha value is -6.76. The highest BCUT2D eigenvalue weighted by Crippen LogP contribution is 2.31. The van der Waals surface area contributed by atoms with Gasteiger partial charge in [0.15, 0.2) is 5.82 Å². The van der Waals surface area contributed by atoms with Crippen molar-refractivity contribution in [2.75, 3.05) is 110 Å². The SMILES string of the molecule is CCOCc1nc2c(N)nc3ccccc3c2n1CC(C)(C)OC(=O)CNC(=O)CCNC(=O)C(CC(=O)O)SCC(NC(=O)CCOCCOCCOCCOCCNC(=O)CNC(=O)CNC(=O)CN)C(N)=O. The van der Waals surface area contributed by atoms with Gasteiger partial charge in [-0.15, -0.1) is 11.8 Å². The highest BCUT2D eigenvalue weighted by atomic mass is 32.2. The van der Waals surface area contributed by atoms with E-state index in [1.54, 1.807) is 13.8 Å². The molecule has 0 saturated heterocycles. The number of nitrogens with one attached hydrogen (secondary N) is 6. The van der Waals surface area contributed by atoms with E-state index in [9.17, 15) is 48.3 Å². The summed E-state index contributed by atoms with van der Waals surface area (Å²) in [6.07, 6.45) is -1.05. The van der Waals surface area contributed by atoms with Crippen molar-refractivity contribution in [3.63, 3.8) is 0 Å². The number of hydrogen-bond acceptors (Lipinski definition) is 20. The third-order valence-electron chi connectivity index (χ3n) is 10.2. The van der Waals surface area contributed by atoms with Crippen LogP contribution in [0.1, 0.15) is 45.9 Å². The van der Waals surface area contributed by atoms with Gasteiger partial charge in [-0.05, 0) is 26.8 Å². The van der Waals surface area contributed by atoms with Gasteiger partial charge in [-0.25, -0.2) is 9.97 Å². The number of amides is 7. The second kappa shape index (κ2) is 33.9. The van der Waals surface area contributed by atoms with Crippen molar-refractivity contribution in [3.05, 3.63) is 30.1 Å². The number of carboxylic acid groups (broad SMARTS) is 1. The number of primary amides is 1. The lowest BCUT2D eigenvalue weighted by Gasteiger charge is -2.27. The molecule has 0 spiro atoms. The number of nitrogens with two attached hydrogens (primary N) is 3. The maximum absolute atomic E-state index is 13.0. The lowest BCUT2D eigenvalue weighted by Crippen LogP contribution is -2.47. The molecule has 3 aromatic rings. The minimum absolute atomic E-state index is 0.0190. The number of nitrogens with zero attached hydrogens (tertiary/aromatic N) is 3. The zero-order valence-corrected chi connectivity index (χ0v) is 43.2. The molecule has 2 unspecified atom stereocenters. The standard InChI is InChI=1S/C46H70N12O16S/c1-4-69-26-33-57-41-42(29-7-5-6-8-30(29)56-43(41)48)58(33)28-46(2,3)74-40(66)25-54-34(59)9-11-51-45(68)32(21-39(64)65)75-27-31(44(49)67)55-35(60)10-13-70-15-17-72-19-20-73-18-16-71-14-12-50-37(62)23-53-38(63)24-52-36(61)22-47/h5-8,31-32H,4,9-28,47H2,1-3H3,(H2,48,56)(H2,49,67)(H,50,62)(H,51,68)(H,52,61)(H,53,63)(H,54,59)(H,55,60)(H,64,65). The molecule has 0 aliphatic carbocycles. The fourth-order valence-corrected chi connectivity index (χ4v) is 7.78. The molecule has 0 bridgehead atoms. The Labute approximate surface area is 436 Å². The number of imidazole rings is 1. The maximum Gasteiger partial charge on any atom is 0.326 e. The molecule has 0 fully saturated rings. The van der Waals surface area contributed by atoms with E-state index in [0.717, 1.165) is 17.1 Å². The zero-order valence-electron chi connectivity index (χ0n) is 42.4. The molecular formula is C46H70N12O16S.